The average Bonchev–Trinajstić information content (AvgIpc) is 2.70. The summed E-state index contributed by atoms with van der Waals surface area (Å²) in [5, 5.41) is 2.85. The van der Waals surface area contributed by atoms with E-state index >= 15 is 0 Å². The molecule has 0 spiro atoms. The molecule has 2 rings (SSSR count). The largest absolute Gasteiger partial charge is 0.321 e. The highest BCUT2D eigenvalue weighted by Gasteiger charge is 2.11. The van der Waals surface area contributed by atoms with Gasteiger partial charge in [-0.25, -0.2) is 4.98 Å². The van der Waals surface area contributed by atoms with Crippen molar-refractivity contribution in [2.45, 2.75) is 13.8 Å². The number of anilines is 1. The van der Waals surface area contributed by atoms with E-state index in [1.807, 2.05) is 32.0 Å². The van der Waals surface area contributed by atoms with E-state index < -0.39 is 0 Å². The topological polar surface area (TPSA) is 42.0 Å². The Balaban J connectivity index is 2.19. The van der Waals surface area contributed by atoms with Crippen molar-refractivity contribution in [3.63, 3.8) is 0 Å². The van der Waals surface area contributed by atoms with Gasteiger partial charge in [-0.2, -0.15) is 0 Å². The molecule has 1 amide bonds. The summed E-state index contributed by atoms with van der Waals surface area (Å²) in [7, 11) is 0. The van der Waals surface area contributed by atoms with E-state index in [1.165, 1.54) is 11.3 Å². The molecule has 0 bridgehead atoms. The summed E-state index contributed by atoms with van der Waals surface area (Å²) >= 11 is 4.79. The summed E-state index contributed by atoms with van der Waals surface area (Å²) < 4.78 is 0.983. The Bertz CT molecular complexity index is 565. The first-order chi connectivity index (χ1) is 8.08. The van der Waals surface area contributed by atoms with Gasteiger partial charge in [0.15, 0.2) is 0 Å². The van der Waals surface area contributed by atoms with E-state index in [0.717, 1.165) is 21.4 Å². The number of halogens is 1. The molecule has 1 aromatic carbocycles. The van der Waals surface area contributed by atoms with Gasteiger partial charge in [-0.15, -0.1) is 11.3 Å². The van der Waals surface area contributed by atoms with Gasteiger partial charge < -0.3 is 5.32 Å². The van der Waals surface area contributed by atoms with Crippen LogP contribution in [0.1, 0.15) is 20.9 Å². The van der Waals surface area contributed by atoms with Crippen molar-refractivity contribution in [2.24, 2.45) is 0 Å². The van der Waals surface area contributed by atoms with Crippen molar-refractivity contribution >= 4 is 38.9 Å². The third-order valence-corrected chi connectivity index (χ3v) is 4.16. The van der Waals surface area contributed by atoms with Gasteiger partial charge in [-0.3, -0.25) is 4.79 Å². The molecule has 0 radical (unpaired) electrons. The van der Waals surface area contributed by atoms with Crippen LogP contribution in [0.2, 0.25) is 0 Å². The molecule has 1 heterocycles. The van der Waals surface area contributed by atoms with Gasteiger partial charge in [0.1, 0.15) is 4.88 Å². The molecule has 0 atom stereocenters. The number of amides is 1. The highest BCUT2D eigenvalue weighted by molar-refractivity contribution is 9.10. The Labute approximate surface area is 112 Å². The van der Waals surface area contributed by atoms with Crippen molar-refractivity contribution in [3.8, 4) is 0 Å². The van der Waals surface area contributed by atoms with E-state index in [-0.39, 0.29) is 5.91 Å². The molecule has 0 aliphatic rings. The maximum Gasteiger partial charge on any atom is 0.267 e. The van der Waals surface area contributed by atoms with E-state index in [2.05, 4.69) is 26.2 Å². The number of thiazole rings is 1. The van der Waals surface area contributed by atoms with Gasteiger partial charge in [0, 0.05) is 10.2 Å². The summed E-state index contributed by atoms with van der Waals surface area (Å²) in [5.41, 5.74) is 4.35. The molecule has 1 aromatic heterocycles. The first-order valence-corrected chi connectivity index (χ1v) is 6.73. The van der Waals surface area contributed by atoms with Crippen molar-refractivity contribution in [1.29, 1.82) is 0 Å². The fraction of sp³-hybridized carbons (Fsp3) is 0.167. The van der Waals surface area contributed by atoms with Crippen molar-refractivity contribution < 1.29 is 4.79 Å². The number of hydrogen-bond acceptors (Lipinski definition) is 3. The number of carbonyl (C=O) groups excluding carboxylic acids is 1. The number of hydrogen-bond donors (Lipinski definition) is 1. The van der Waals surface area contributed by atoms with Crippen LogP contribution in [0.5, 0.6) is 0 Å². The lowest BCUT2D eigenvalue weighted by Gasteiger charge is -2.06. The fourth-order valence-electron chi connectivity index (χ4n) is 1.38. The van der Waals surface area contributed by atoms with Gasteiger partial charge in [0.25, 0.3) is 5.91 Å². The molecule has 5 heteroatoms. The lowest BCUT2D eigenvalue weighted by Crippen LogP contribution is -2.11. The van der Waals surface area contributed by atoms with Crippen LogP contribution in [0.15, 0.2) is 28.2 Å². The van der Waals surface area contributed by atoms with Crippen molar-refractivity contribution in [1.82, 2.24) is 4.98 Å². The maximum atomic E-state index is 11.9. The van der Waals surface area contributed by atoms with Gasteiger partial charge in [-0.05, 0) is 31.5 Å². The highest BCUT2D eigenvalue weighted by atomic mass is 79.9. The SMILES string of the molecule is Cc1ccc(NC(=O)c2scnc2C)cc1Br. The number of nitrogens with one attached hydrogen (secondary N) is 1. The molecule has 0 aliphatic carbocycles. The lowest BCUT2D eigenvalue weighted by atomic mass is 10.2. The summed E-state index contributed by atoms with van der Waals surface area (Å²) in [4.78, 5) is 16.7. The number of aryl methyl sites for hydroxylation is 2. The third-order valence-electron chi connectivity index (χ3n) is 2.38. The van der Waals surface area contributed by atoms with Gasteiger partial charge >= 0.3 is 0 Å². The second kappa shape index (κ2) is 4.98. The first kappa shape index (κ1) is 12.3. The zero-order valence-electron chi connectivity index (χ0n) is 9.45. The normalized spacial score (nSPS) is 10.3. The van der Waals surface area contributed by atoms with Gasteiger partial charge in [0.2, 0.25) is 0 Å². The second-order valence-corrected chi connectivity index (χ2v) is 5.39. The fourth-order valence-corrected chi connectivity index (χ4v) is 2.45. The molecule has 1 N–H and O–H groups in total. The van der Waals surface area contributed by atoms with E-state index in [1.54, 1.807) is 5.51 Å². The molecule has 0 fully saturated rings. The molecule has 0 saturated heterocycles. The van der Waals surface area contributed by atoms with Crippen LogP contribution in [0, 0.1) is 13.8 Å². The predicted molar refractivity (Wildman–Crippen MR) is 73.7 cm³/mol. The average molecular weight is 311 g/mol. The van der Waals surface area contributed by atoms with Crippen LogP contribution in [-0.4, -0.2) is 10.9 Å². The Kier molecular flexibility index (Phi) is 3.59. The van der Waals surface area contributed by atoms with E-state index in [4.69, 9.17) is 0 Å². The monoisotopic (exact) mass is 310 g/mol. The summed E-state index contributed by atoms with van der Waals surface area (Å²) in [6.45, 7) is 3.83. The smallest absolute Gasteiger partial charge is 0.267 e. The standard InChI is InChI=1S/C12H11BrN2OS/c1-7-3-4-9(5-10(7)13)15-12(16)11-8(2)14-6-17-11/h3-6H,1-2H3,(H,15,16). The molecule has 3 nitrogen and oxygen atoms in total. The number of aromatic nitrogens is 1. The zero-order chi connectivity index (χ0) is 12.4. The van der Waals surface area contributed by atoms with Crippen LogP contribution < -0.4 is 5.32 Å². The van der Waals surface area contributed by atoms with Crippen LogP contribution in [0.3, 0.4) is 0 Å². The number of carbonyl (C=O) groups is 1. The molecule has 0 aliphatic heterocycles. The Morgan fingerprint density at radius 1 is 1.41 bits per heavy atom. The van der Waals surface area contributed by atoms with Crippen LogP contribution in [0.4, 0.5) is 5.69 Å². The minimum absolute atomic E-state index is 0.110. The second-order valence-electron chi connectivity index (χ2n) is 3.68. The molecule has 0 unspecified atom stereocenters. The highest BCUT2D eigenvalue weighted by Crippen LogP contribution is 2.22. The van der Waals surface area contributed by atoms with Crippen molar-refractivity contribution in [3.05, 3.63) is 44.3 Å². The quantitative estimate of drug-likeness (QED) is 0.917. The van der Waals surface area contributed by atoms with Crippen LogP contribution in [-0.2, 0) is 0 Å². The minimum atomic E-state index is -0.110. The van der Waals surface area contributed by atoms with E-state index in [9.17, 15) is 4.79 Å². The molecule has 17 heavy (non-hydrogen) atoms. The predicted octanol–water partition coefficient (Wildman–Crippen LogP) is 3.77. The number of benzene rings is 1. The number of rotatable bonds is 2. The zero-order valence-corrected chi connectivity index (χ0v) is 11.9. The van der Waals surface area contributed by atoms with Gasteiger partial charge in [-0.1, -0.05) is 22.0 Å². The third kappa shape index (κ3) is 2.73. The molecular formula is C12H11BrN2OS. The first-order valence-electron chi connectivity index (χ1n) is 5.05. The van der Waals surface area contributed by atoms with Crippen molar-refractivity contribution in [2.75, 3.05) is 5.32 Å². The van der Waals surface area contributed by atoms with Crippen LogP contribution >= 0.6 is 27.3 Å². The Morgan fingerprint density at radius 3 is 2.76 bits per heavy atom. The molecule has 88 valence electrons. The summed E-state index contributed by atoms with van der Waals surface area (Å²) in [6, 6.07) is 5.73. The number of nitrogens with zero attached hydrogens (tertiary/aromatic N) is 1. The Hall–Kier alpha value is -1.20. The molecule has 0 saturated carbocycles. The van der Waals surface area contributed by atoms with Gasteiger partial charge in [0.05, 0.1) is 11.2 Å². The maximum absolute atomic E-state index is 11.9. The summed E-state index contributed by atoms with van der Waals surface area (Å²) in [6.07, 6.45) is 0. The lowest BCUT2D eigenvalue weighted by molar-refractivity contribution is 0.103. The Morgan fingerprint density at radius 2 is 2.18 bits per heavy atom. The summed E-state index contributed by atoms with van der Waals surface area (Å²) in [5.74, 6) is -0.110. The van der Waals surface area contributed by atoms with Crippen LogP contribution in [0.25, 0.3) is 0 Å². The minimum Gasteiger partial charge on any atom is -0.321 e. The molecular weight excluding hydrogens is 300 g/mol. The molecule has 2 aromatic rings. The van der Waals surface area contributed by atoms with E-state index in [0.29, 0.717) is 4.88 Å².